The van der Waals surface area contributed by atoms with Crippen LogP contribution < -0.4 is 0 Å². The zero-order chi connectivity index (χ0) is 16.3. The maximum absolute atomic E-state index is 12.7. The molecule has 0 aromatic heterocycles. The number of hydrogen-bond acceptors (Lipinski definition) is 3. The summed E-state index contributed by atoms with van der Waals surface area (Å²) in [6, 6.07) is 16.8. The van der Waals surface area contributed by atoms with E-state index in [1.165, 1.54) is 9.87 Å². The molecular weight excluding hydrogens is 367 g/mol. The van der Waals surface area contributed by atoms with E-state index < -0.39 is 10.0 Å². The van der Waals surface area contributed by atoms with Crippen LogP contribution in [0.25, 0.3) is 0 Å². The van der Waals surface area contributed by atoms with E-state index >= 15 is 0 Å². The van der Waals surface area contributed by atoms with Crippen LogP contribution in [0.15, 0.2) is 59.5 Å². The maximum Gasteiger partial charge on any atom is 0.244 e. The summed E-state index contributed by atoms with van der Waals surface area (Å²) < 4.78 is 26.9. The molecule has 0 amide bonds. The van der Waals surface area contributed by atoms with Gasteiger partial charge < -0.3 is 0 Å². The summed E-state index contributed by atoms with van der Waals surface area (Å²) in [7, 11) is -3.51. The second kappa shape index (κ2) is 8.32. The Morgan fingerprint density at radius 3 is 2.08 bits per heavy atom. The summed E-state index contributed by atoms with van der Waals surface area (Å²) in [5, 5.41) is 0.277. The summed E-state index contributed by atoms with van der Waals surface area (Å²) in [6.07, 6.45) is 0. The van der Waals surface area contributed by atoms with Crippen LogP contribution in [0.4, 0.5) is 0 Å². The fourth-order valence-electron chi connectivity index (χ4n) is 2.76. The summed E-state index contributed by atoms with van der Waals surface area (Å²) in [6.45, 7) is 3.26. The molecular formula is C17H20Cl2N2O2S. The Morgan fingerprint density at radius 2 is 1.46 bits per heavy atom. The lowest BCUT2D eigenvalue weighted by molar-refractivity contribution is 0.181. The van der Waals surface area contributed by atoms with Crippen molar-refractivity contribution in [3.05, 3.63) is 65.2 Å². The molecule has 0 radical (unpaired) electrons. The number of benzene rings is 2. The first-order valence-corrected chi connectivity index (χ1v) is 9.40. The molecule has 0 atom stereocenters. The summed E-state index contributed by atoms with van der Waals surface area (Å²) >= 11 is 6.05. The molecule has 0 N–H and O–H groups in total. The first-order chi connectivity index (χ1) is 11.1. The third kappa shape index (κ3) is 4.29. The van der Waals surface area contributed by atoms with E-state index in [1.807, 2.05) is 18.2 Å². The average Bonchev–Trinajstić information content (AvgIpc) is 2.56. The predicted molar refractivity (Wildman–Crippen MR) is 99.2 cm³/mol. The van der Waals surface area contributed by atoms with Gasteiger partial charge in [0.1, 0.15) is 4.90 Å². The highest BCUT2D eigenvalue weighted by Crippen LogP contribution is 2.25. The van der Waals surface area contributed by atoms with Gasteiger partial charge in [0, 0.05) is 32.7 Å². The number of rotatable bonds is 4. The lowest BCUT2D eigenvalue weighted by atomic mass is 10.2. The molecule has 7 heteroatoms. The summed E-state index contributed by atoms with van der Waals surface area (Å²) in [4.78, 5) is 2.46. The minimum Gasteiger partial charge on any atom is -0.296 e. The second-order valence-corrected chi connectivity index (χ2v) is 7.91. The van der Waals surface area contributed by atoms with Gasteiger partial charge in [-0.15, -0.1) is 12.4 Å². The molecule has 1 aliphatic rings. The first kappa shape index (κ1) is 19.2. The molecule has 3 rings (SSSR count). The fraction of sp³-hybridized carbons (Fsp3) is 0.294. The van der Waals surface area contributed by atoms with Crippen molar-refractivity contribution in [3.63, 3.8) is 0 Å². The van der Waals surface area contributed by atoms with Gasteiger partial charge in [0.2, 0.25) is 10.0 Å². The lowest BCUT2D eigenvalue weighted by Crippen LogP contribution is -2.48. The molecule has 0 saturated carbocycles. The average molecular weight is 387 g/mol. The van der Waals surface area contributed by atoms with E-state index in [0.717, 1.165) is 19.6 Å². The van der Waals surface area contributed by atoms with Gasteiger partial charge in [-0.25, -0.2) is 8.42 Å². The van der Waals surface area contributed by atoms with Crippen molar-refractivity contribution >= 4 is 34.0 Å². The zero-order valence-electron chi connectivity index (χ0n) is 13.1. The molecule has 0 bridgehead atoms. The largest absolute Gasteiger partial charge is 0.296 e. The van der Waals surface area contributed by atoms with Crippen molar-refractivity contribution in [1.82, 2.24) is 9.21 Å². The Kier molecular flexibility index (Phi) is 6.66. The quantitative estimate of drug-likeness (QED) is 0.809. The Morgan fingerprint density at radius 1 is 0.875 bits per heavy atom. The van der Waals surface area contributed by atoms with E-state index in [1.54, 1.807) is 24.3 Å². The van der Waals surface area contributed by atoms with Gasteiger partial charge in [0.25, 0.3) is 0 Å². The molecule has 1 fully saturated rings. The normalized spacial score (nSPS) is 16.5. The van der Waals surface area contributed by atoms with Gasteiger partial charge in [0.05, 0.1) is 5.02 Å². The van der Waals surface area contributed by atoms with Gasteiger partial charge in [-0.05, 0) is 17.7 Å². The monoisotopic (exact) mass is 386 g/mol. The van der Waals surface area contributed by atoms with Crippen LogP contribution in [0.2, 0.25) is 5.02 Å². The van der Waals surface area contributed by atoms with Crippen molar-refractivity contribution in [2.24, 2.45) is 0 Å². The number of piperazine rings is 1. The van der Waals surface area contributed by atoms with E-state index in [0.29, 0.717) is 13.1 Å². The third-order valence-corrected chi connectivity index (χ3v) is 6.43. The van der Waals surface area contributed by atoms with Gasteiger partial charge in [-0.3, -0.25) is 4.90 Å². The Balaban J connectivity index is 0.00000208. The number of sulfonamides is 1. The van der Waals surface area contributed by atoms with Gasteiger partial charge in [-0.2, -0.15) is 4.31 Å². The van der Waals surface area contributed by atoms with Crippen molar-refractivity contribution in [3.8, 4) is 0 Å². The van der Waals surface area contributed by atoms with E-state index in [-0.39, 0.29) is 22.3 Å². The van der Waals surface area contributed by atoms with Crippen molar-refractivity contribution in [2.75, 3.05) is 26.2 Å². The van der Waals surface area contributed by atoms with Crippen LogP contribution in [0, 0.1) is 0 Å². The van der Waals surface area contributed by atoms with Crippen LogP contribution in [-0.2, 0) is 16.6 Å². The molecule has 1 aliphatic heterocycles. The Bertz CT molecular complexity index is 761. The molecule has 2 aromatic carbocycles. The van der Waals surface area contributed by atoms with E-state index in [4.69, 9.17) is 11.6 Å². The molecule has 1 saturated heterocycles. The second-order valence-electron chi connectivity index (χ2n) is 5.60. The Labute approximate surface area is 154 Å². The molecule has 0 unspecified atom stereocenters. The molecule has 2 aromatic rings. The highest BCUT2D eigenvalue weighted by molar-refractivity contribution is 7.89. The standard InChI is InChI=1S/C17H19ClN2O2S.ClH/c18-16-8-4-5-9-17(16)23(21,22)20-12-10-19(11-13-20)14-15-6-2-1-3-7-15;/h1-9H,10-14H2;1H. The molecule has 0 spiro atoms. The Hall–Kier alpha value is -1.11. The van der Waals surface area contributed by atoms with Crippen molar-refractivity contribution in [1.29, 1.82) is 0 Å². The van der Waals surface area contributed by atoms with Gasteiger partial charge in [0.15, 0.2) is 0 Å². The topological polar surface area (TPSA) is 40.6 Å². The molecule has 24 heavy (non-hydrogen) atoms. The van der Waals surface area contributed by atoms with Crippen molar-refractivity contribution in [2.45, 2.75) is 11.4 Å². The molecule has 1 heterocycles. The van der Waals surface area contributed by atoms with Gasteiger partial charge in [-0.1, -0.05) is 54.1 Å². The van der Waals surface area contributed by atoms with E-state index in [9.17, 15) is 8.42 Å². The van der Waals surface area contributed by atoms with Crippen molar-refractivity contribution < 1.29 is 8.42 Å². The SMILES string of the molecule is Cl.O=S(=O)(c1ccccc1Cl)N1CCN(Cc2ccccc2)CC1. The van der Waals surface area contributed by atoms with Gasteiger partial charge >= 0.3 is 0 Å². The fourth-order valence-corrected chi connectivity index (χ4v) is 4.68. The zero-order valence-corrected chi connectivity index (χ0v) is 15.5. The van der Waals surface area contributed by atoms with Crippen LogP contribution in [-0.4, -0.2) is 43.8 Å². The molecule has 130 valence electrons. The first-order valence-electron chi connectivity index (χ1n) is 7.58. The maximum atomic E-state index is 12.7. The number of halogens is 2. The highest BCUT2D eigenvalue weighted by atomic mass is 35.5. The molecule has 0 aliphatic carbocycles. The van der Waals surface area contributed by atoms with Crippen LogP contribution in [0.1, 0.15) is 5.56 Å². The smallest absolute Gasteiger partial charge is 0.244 e. The minimum absolute atomic E-state index is 0. The van der Waals surface area contributed by atoms with Crippen LogP contribution in [0.5, 0.6) is 0 Å². The van der Waals surface area contributed by atoms with Crippen LogP contribution in [0.3, 0.4) is 0 Å². The minimum atomic E-state index is -3.51. The summed E-state index contributed by atoms with van der Waals surface area (Å²) in [5.41, 5.74) is 1.25. The number of hydrogen-bond donors (Lipinski definition) is 0. The summed E-state index contributed by atoms with van der Waals surface area (Å²) in [5.74, 6) is 0. The lowest BCUT2D eigenvalue weighted by Gasteiger charge is -2.34. The van der Waals surface area contributed by atoms with E-state index in [2.05, 4.69) is 17.0 Å². The number of nitrogens with zero attached hydrogens (tertiary/aromatic N) is 2. The third-order valence-electron chi connectivity index (χ3n) is 4.03. The molecule has 4 nitrogen and oxygen atoms in total. The predicted octanol–water partition coefficient (Wildman–Crippen LogP) is 3.27. The van der Waals surface area contributed by atoms with Crippen LogP contribution >= 0.6 is 24.0 Å². The highest BCUT2D eigenvalue weighted by Gasteiger charge is 2.29.